The van der Waals surface area contributed by atoms with Gasteiger partial charge in [0.2, 0.25) is 0 Å². The van der Waals surface area contributed by atoms with Crippen molar-refractivity contribution in [1.82, 2.24) is 0 Å². The van der Waals surface area contributed by atoms with Gasteiger partial charge in [0, 0.05) is 6.42 Å². The summed E-state index contributed by atoms with van der Waals surface area (Å²) >= 11 is 0. The smallest absolute Gasteiger partial charge is 0.303 e. The fourth-order valence-corrected chi connectivity index (χ4v) is 9.24. The van der Waals surface area contributed by atoms with E-state index in [2.05, 4.69) is 27.7 Å². The van der Waals surface area contributed by atoms with Crippen LogP contribution in [-0.4, -0.2) is 33.5 Å². The highest BCUT2D eigenvalue weighted by molar-refractivity contribution is 5.66. The fourth-order valence-electron chi connectivity index (χ4n) is 9.24. The first-order valence-corrected chi connectivity index (χ1v) is 12.2. The molecule has 4 aliphatic carbocycles. The van der Waals surface area contributed by atoms with Crippen LogP contribution in [0.15, 0.2) is 0 Å². The van der Waals surface area contributed by atoms with E-state index in [1.54, 1.807) is 0 Å². The van der Waals surface area contributed by atoms with E-state index in [1.165, 1.54) is 25.7 Å². The van der Waals surface area contributed by atoms with Crippen molar-refractivity contribution in [3.8, 4) is 0 Å². The second-order valence-corrected chi connectivity index (χ2v) is 11.8. The molecule has 4 heteroatoms. The van der Waals surface area contributed by atoms with Crippen LogP contribution in [0.25, 0.3) is 0 Å². The third kappa shape index (κ3) is 3.28. The van der Waals surface area contributed by atoms with Gasteiger partial charge in [-0.25, -0.2) is 0 Å². The molecule has 29 heavy (non-hydrogen) atoms. The number of carbonyl (C=O) groups is 1. The van der Waals surface area contributed by atoms with E-state index >= 15 is 0 Å². The van der Waals surface area contributed by atoms with Crippen molar-refractivity contribution in [2.45, 2.75) is 97.7 Å². The summed E-state index contributed by atoms with van der Waals surface area (Å²) < 4.78 is 0. The second-order valence-electron chi connectivity index (χ2n) is 11.8. The number of fused-ring (bicyclic) bond motifs is 5. The number of hydrogen-bond donors (Lipinski definition) is 3. The number of aliphatic hydroxyl groups excluding tert-OH is 2. The molecule has 0 aromatic heterocycles. The van der Waals surface area contributed by atoms with E-state index in [9.17, 15) is 15.0 Å². The molecule has 4 rings (SSSR count). The zero-order chi connectivity index (χ0) is 21.1. The van der Waals surface area contributed by atoms with Crippen molar-refractivity contribution in [3.63, 3.8) is 0 Å². The van der Waals surface area contributed by atoms with Crippen molar-refractivity contribution in [2.24, 2.45) is 52.3 Å². The molecule has 0 spiro atoms. The van der Waals surface area contributed by atoms with Crippen LogP contribution in [0, 0.1) is 52.3 Å². The Kier molecular flexibility index (Phi) is 5.60. The maximum Gasteiger partial charge on any atom is 0.303 e. The van der Waals surface area contributed by atoms with E-state index in [1.807, 2.05) is 0 Å². The Labute approximate surface area is 176 Å². The predicted octanol–water partition coefficient (Wildman–Crippen LogP) is 4.72. The van der Waals surface area contributed by atoms with Crippen LogP contribution in [-0.2, 0) is 4.79 Å². The molecule has 166 valence electrons. The van der Waals surface area contributed by atoms with Crippen LogP contribution in [0.4, 0.5) is 0 Å². The molecule has 3 N–H and O–H groups in total. The van der Waals surface area contributed by atoms with Crippen molar-refractivity contribution >= 4 is 5.97 Å². The quantitative estimate of drug-likeness (QED) is 0.631. The number of carboxylic acids is 1. The van der Waals surface area contributed by atoms with Gasteiger partial charge in [-0.3, -0.25) is 4.79 Å². The summed E-state index contributed by atoms with van der Waals surface area (Å²) in [4.78, 5) is 11.1. The summed E-state index contributed by atoms with van der Waals surface area (Å²) in [6.07, 6.45) is 8.01. The highest BCUT2D eigenvalue weighted by Crippen LogP contribution is 2.69. The highest BCUT2D eigenvalue weighted by Gasteiger charge is 2.63. The maximum atomic E-state index is 11.2. The van der Waals surface area contributed by atoms with Gasteiger partial charge < -0.3 is 15.3 Å². The first-order valence-electron chi connectivity index (χ1n) is 12.2. The molecule has 4 aliphatic rings. The Morgan fingerprint density at radius 3 is 2.45 bits per heavy atom. The van der Waals surface area contributed by atoms with Crippen molar-refractivity contribution in [3.05, 3.63) is 0 Å². The summed E-state index contributed by atoms with van der Waals surface area (Å²) in [5, 5.41) is 30.7. The summed E-state index contributed by atoms with van der Waals surface area (Å²) in [5.74, 6) is 2.98. The van der Waals surface area contributed by atoms with Gasteiger partial charge in [0.25, 0.3) is 0 Å². The number of hydrogen-bond acceptors (Lipinski definition) is 3. The van der Waals surface area contributed by atoms with Crippen molar-refractivity contribution in [1.29, 1.82) is 0 Å². The van der Waals surface area contributed by atoms with Crippen molar-refractivity contribution < 1.29 is 20.1 Å². The van der Waals surface area contributed by atoms with E-state index < -0.39 is 5.97 Å². The lowest BCUT2D eigenvalue weighted by Gasteiger charge is -2.64. The fraction of sp³-hybridized carbons (Fsp3) is 0.960. The van der Waals surface area contributed by atoms with Gasteiger partial charge in [0.1, 0.15) is 0 Å². The van der Waals surface area contributed by atoms with Gasteiger partial charge in [-0.05, 0) is 104 Å². The standard InChI is InChI=1S/C25H42O4/c1-14(5-8-23(28)29)18-6-7-19-17-13-22(27)21-12-16(26)11-15(2)25(21,4)20(17)9-10-24(18,19)3/h14-22,26-27H,5-13H2,1-4H3,(H,28,29)/t14-,15?,16-,17+,18-,19+,20+,21?,22+,24-,25-/m1/s1. The maximum absolute atomic E-state index is 11.2. The first-order chi connectivity index (χ1) is 13.6. The molecule has 0 heterocycles. The number of carboxylic acid groups (broad SMARTS) is 1. The minimum atomic E-state index is -0.678. The van der Waals surface area contributed by atoms with Gasteiger partial charge in [0.15, 0.2) is 0 Å². The number of rotatable bonds is 4. The average Bonchev–Trinajstić information content (AvgIpc) is 2.99. The van der Waals surface area contributed by atoms with Crippen LogP contribution >= 0.6 is 0 Å². The monoisotopic (exact) mass is 406 g/mol. The summed E-state index contributed by atoms with van der Waals surface area (Å²) in [6, 6.07) is 0. The molecule has 11 atom stereocenters. The first kappa shape index (κ1) is 21.6. The largest absolute Gasteiger partial charge is 0.481 e. The Hall–Kier alpha value is -0.610. The molecule has 0 amide bonds. The van der Waals surface area contributed by atoms with Gasteiger partial charge in [-0.15, -0.1) is 0 Å². The summed E-state index contributed by atoms with van der Waals surface area (Å²) in [5.41, 5.74) is 0.426. The van der Waals surface area contributed by atoms with Gasteiger partial charge >= 0.3 is 5.97 Å². The third-order valence-corrected chi connectivity index (χ3v) is 10.8. The van der Waals surface area contributed by atoms with Crippen LogP contribution < -0.4 is 0 Å². The van der Waals surface area contributed by atoms with E-state index in [0.29, 0.717) is 40.9 Å². The van der Waals surface area contributed by atoms with Crippen molar-refractivity contribution in [2.75, 3.05) is 0 Å². The molecule has 0 aromatic carbocycles. The van der Waals surface area contributed by atoms with Gasteiger partial charge in [-0.1, -0.05) is 27.7 Å². The third-order valence-electron chi connectivity index (χ3n) is 10.8. The molecule has 4 saturated carbocycles. The molecule has 0 bridgehead atoms. The van der Waals surface area contributed by atoms with E-state index in [4.69, 9.17) is 5.11 Å². The zero-order valence-electron chi connectivity index (χ0n) is 18.8. The predicted molar refractivity (Wildman–Crippen MR) is 113 cm³/mol. The molecule has 0 radical (unpaired) electrons. The minimum Gasteiger partial charge on any atom is -0.481 e. The second kappa shape index (κ2) is 7.51. The number of aliphatic hydroxyl groups is 2. The molecule has 4 fully saturated rings. The Balaban J connectivity index is 1.58. The van der Waals surface area contributed by atoms with Crippen LogP contribution in [0.1, 0.15) is 85.5 Å². The zero-order valence-corrected chi connectivity index (χ0v) is 18.8. The topological polar surface area (TPSA) is 77.8 Å². The minimum absolute atomic E-state index is 0.135. The Bertz CT molecular complexity index is 634. The van der Waals surface area contributed by atoms with Gasteiger partial charge in [0.05, 0.1) is 12.2 Å². The lowest BCUT2D eigenvalue weighted by atomic mass is 9.42. The lowest BCUT2D eigenvalue weighted by Crippen LogP contribution is -2.60. The van der Waals surface area contributed by atoms with Crippen LogP contribution in [0.3, 0.4) is 0 Å². The van der Waals surface area contributed by atoms with Crippen LogP contribution in [0.2, 0.25) is 0 Å². The molecular formula is C25H42O4. The molecule has 2 unspecified atom stereocenters. The number of aliphatic carboxylic acids is 1. The molecule has 4 nitrogen and oxygen atoms in total. The lowest BCUT2D eigenvalue weighted by molar-refractivity contribution is -0.193. The SMILES string of the molecule is CC1C[C@@H](O)CC2[C@@H](O)C[C@@H]3[C@H](CC[C@]4(C)[C@@H]([C@H](C)CCC(=O)O)CC[C@@H]34)[C@@]12C. The van der Waals surface area contributed by atoms with Gasteiger partial charge in [-0.2, -0.15) is 0 Å². The van der Waals surface area contributed by atoms with E-state index in [0.717, 1.165) is 25.7 Å². The summed E-state index contributed by atoms with van der Waals surface area (Å²) in [7, 11) is 0. The van der Waals surface area contributed by atoms with E-state index in [-0.39, 0.29) is 30.0 Å². The molecule has 0 saturated heterocycles. The normalized spacial score (nSPS) is 52.9. The van der Waals surface area contributed by atoms with Crippen LogP contribution in [0.5, 0.6) is 0 Å². The highest BCUT2D eigenvalue weighted by atomic mass is 16.4. The molecular weight excluding hydrogens is 364 g/mol. The Morgan fingerprint density at radius 2 is 1.76 bits per heavy atom. The Morgan fingerprint density at radius 1 is 1.03 bits per heavy atom. The molecule has 0 aromatic rings. The summed E-state index contributed by atoms with van der Waals surface area (Å²) in [6.45, 7) is 9.49. The average molecular weight is 407 g/mol. The molecule has 0 aliphatic heterocycles.